The molecule has 4 nitrogen and oxygen atoms in total. The van der Waals surface area contributed by atoms with Crippen molar-refractivity contribution in [1.29, 1.82) is 0 Å². The minimum Gasteiger partial charge on any atom is -0.479 e. The van der Waals surface area contributed by atoms with E-state index in [1.54, 1.807) is 6.07 Å². The van der Waals surface area contributed by atoms with Crippen molar-refractivity contribution in [3.8, 4) is 5.75 Å². The van der Waals surface area contributed by atoms with E-state index in [-0.39, 0.29) is 16.6 Å². The zero-order valence-electron chi connectivity index (χ0n) is 10.8. The number of allylic oxidation sites excluding steroid dienone is 1. The summed E-state index contributed by atoms with van der Waals surface area (Å²) in [5.74, 6) is -1.03. The first-order valence-corrected chi connectivity index (χ1v) is 6.16. The van der Waals surface area contributed by atoms with E-state index >= 15 is 0 Å². The highest BCUT2D eigenvalue weighted by Gasteiger charge is 2.16. The average molecular weight is 283 g/mol. The molecule has 0 aromatic heterocycles. The molecule has 1 unspecified atom stereocenters. The fraction of sp³-hybridized carbons (Fsp3) is 0.286. The molecule has 0 radical (unpaired) electrons. The van der Waals surface area contributed by atoms with E-state index in [1.807, 2.05) is 6.92 Å². The van der Waals surface area contributed by atoms with Crippen LogP contribution in [0.3, 0.4) is 0 Å². The van der Waals surface area contributed by atoms with E-state index in [2.05, 4.69) is 6.58 Å². The maximum absolute atomic E-state index is 11.9. The van der Waals surface area contributed by atoms with E-state index in [0.717, 1.165) is 0 Å². The minimum absolute atomic E-state index is 0.178. The van der Waals surface area contributed by atoms with E-state index < -0.39 is 12.1 Å². The zero-order valence-corrected chi connectivity index (χ0v) is 11.5. The lowest BCUT2D eigenvalue weighted by molar-refractivity contribution is -0.144. The van der Waals surface area contributed by atoms with Crippen molar-refractivity contribution in [2.75, 3.05) is 0 Å². The van der Waals surface area contributed by atoms with Crippen molar-refractivity contribution in [3.05, 3.63) is 40.9 Å². The van der Waals surface area contributed by atoms with Crippen LogP contribution < -0.4 is 4.74 Å². The van der Waals surface area contributed by atoms with Crippen LogP contribution in [0.1, 0.15) is 30.6 Å². The molecule has 102 valence electrons. The molecule has 0 fully saturated rings. The second kappa shape index (κ2) is 6.38. The summed E-state index contributed by atoms with van der Waals surface area (Å²) in [6, 6.07) is 4.48. The van der Waals surface area contributed by atoms with Gasteiger partial charge in [0.05, 0.1) is 5.02 Å². The van der Waals surface area contributed by atoms with Crippen molar-refractivity contribution in [1.82, 2.24) is 0 Å². The van der Waals surface area contributed by atoms with Crippen molar-refractivity contribution >= 4 is 23.4 Å². The number of carboxylic acids is 1. The summed E-state index contributed by atoms with van der Waals surface area (Å²) < 4.78 is 5.16. The van der Waals surface area contributed by atoms with Gasteiger partial charge < -0.3 is 9.84 Å². The molecule has 1 aromatic carbocycles. The number of carbonyl (C=O) groups excluding carboxylic acids is 1. The van der Waals surface area contributed by atoms with Crippen LogP contribution in [0.5, 0.6) is 5.75 Å². The highest BCUT2D eigenvalue weighted by Crippen LogP contribution is 2.27. The van der Waals surface area contributed by atoms with Gasteiger partial charge in [-0.15, -0.1) is 0 Å². The van der Waals surface area contributed by atoms with Crippen molar-refractivity contribution < 1.29 is 19.4 Å². The Morgan fingerprint density at radius 2 is 2.11 bits per heavy atom. The molecule has 0 saturated heterocycles. The van der Waals surface area contributed by atoms with Gasteiger partial charge in [0.15, 0.2) is 11.9 Å². The molecule has 0 aliphatic carbocycles. The van der Waals surface area contributed by atoms with Gasteiger partial charge in [-0.3, -0.25) is 4.79 Å². The molecule has 1 rings (SSSR count). The molecule has 0 amide bonds. The molecule has 19 heavy (non-hydrogen) atoms. The Hall–Kier alpha value is -1.81. The molecule has 0 aliphatic heterocycles. The predicted octanol–water partition coefficient (Wildman–Crippen LogP) is 3.34. The summed E-state index contributed by atoms with van der Waals surface area (Å²) in [5, 5.41) is 8.95. The number of Topliss-reactive ketones (excluding diaryl/α,β-unsaturated/α-hetero) is 1. The molecule has 1 N–H and O–H groups in total. The van der Waals surface area contributed by atoms with Crippen molar-refractivity contribution in [3.63, 3.8) is 0 Å². The highest BCUT2D eigenvalue weighted by atomic mass is 35.5. The van der Waals surface area contributed by atoms with Gasteiger partial charge in [-0.25, -0.2) is 4.79 Å². The Kier molecular flexibility index (Phi) is 5.12. The summed E-state index contributed by atoms with van der Waals surface area (Å²) >= 11 is 5.97. The van der Waals surface area contributed by atoms with E-state index in [4.69, 9.17) is 21.4 Å². The lowest BCUT2D eigenvalue weighted by Gasteiger charge is -2.12. The van der Waals surface area contributed by atoms with Crippen LogP contribution in [0, 0.1) is 0 Å². The van der Waals surface area contributed by atoms with Crippen LogP contribution in [0.2, 0.25) is 5.02 Å². The number of carboxylic acid groups (broad SMARTS) is 1. The monoisotopic (exact) mass is 282 g/mol. The van der Waals surface area contributed by atoms with Gasteiger partial charge in [0.1, 0.15) is 5.75 Å². The number of aliphatic carboxylic acids is 1. The zero-order chi connectivity index (χ0) is 14.6. The van der Waals surface area contributed by atoms with E-state index in [1.165, 1.54) is 19.1 Å². The van der Waals surface area contributed by atoms with Crippen LogP contribution in [-0.2, 0) is 4.79 Å². The van der Waals surface area contributed by atoms with Crippen LogP contribution in [-0.4, -0.2) is 23.0 Å². The number of carbonyl (C=O) groups is 2. The standard InChI is InChI=1S/C14H15ClO4/c1-4-8(2)13(16)10-5-6-12(11(15)7-10)19-9(3)14(17)18/h5-7,9H,2,4H2,1,3H3,(H,17,18). The second-order valence-electron chi connectivity index (χ2n) is 4.03. The van der Waals surface area contributed by atoms with Crippen LogP contribution >= 0.6 is 11.6 Å². The fourth-order valence-electron chi connectivity index (χ4n) is 1.34. The Labute approximate surface area is 116 Å². The Bertz CT molecular complexity index is 522. The second-order valence-corrected chi connectivity index (χ2v) is 4.44. The molecule has 1 aromatic rings. The number of halogens is 1. The van der Waals surface area contributed by atoms with Gasteiger partial charge in [-0.05, 0) is 37.1 Å². The smallest absolute Gasteiger partial charge is 0.344 e. The Morgan fingerprint density at radius 3 is 2.58 bits per heavy atom. The largest absolute Gasteiger partial charge is 0.479 e. The molecule has 1 atom stereocenters. The molecule has 5 heteroatoms. The normalized spacial score (nSPS) is 11.7. The molecule has 0 saturated carbocycles. The number of rotatable bonds is 6. The number of ketones is 1. The predicted molar refractivity (Wildman–Crippen MR) is 72.9 cm³/mol. The molecular weight excluding hydrogens is 268 g/mol. The molecular formula is C14H15ClO4. The van der Waals surface area contributed by atoms with Crippen LogP contribution in [0.4, 0.5) is 0 Å². The van der Waals surface area contributed by atoms with Crippen LogP contribution in [0.25, 0.3) is 0 Å². The first kappa shape index (κ1) is 15.2. The van der Waals surface area contributed by atoms with Gasteiger partial charge in [0, 0.05) is 5.56 Å². The lowest BCUT2D eigenvalue weighted by Crippen LogP contribution is -2.23. The minimum atomic E-state index is -1.09. The number of benzene rings is 1. The Morgan fingerprint density at radius 1 is 1.47 bits per heavy atom. The first-order valence-electron chi connectivity index (χ1n) is 5.78. The molecule has 0 spiro atoms. The van der Waals surface area contributed by atoms with E-state index in [9.17, 15) is 9.59 Å². The van der Waals surface area contributed by atoms with Gasteiger partial charge >= 0.3 is 5.97 Å². The molecule has 0 bridgehead atoms. The summed E-state index contributed by atoms with van der Waals surface area (Å²) in [7, 11) is 0. The van der Waals surface area contributed by atoms with Crippen molar-refractivity contribution in [2.45, 2.75) is 26.4 Å². The SMILES string of the molecule is C=C(CC)C(=O)c1ccc(OC(C)C(=O)O)c(Cl)c1. The maximum atomic E-state index is 11.9. The number of hydrogen-bond acceptors (Lipinski definition) is 3. The summed E-state index contributed by atoms with van der Waals surface area (Å²) in [6.07, 6.45) is -0.449. The average Bonchev–Trinajstić information content (AvgIpc) is 2.38. The number of hydrogen-bond donors (Lipinski definition) is 1. The van der Waals surface area contributed by atoms with Gasteiger partial charge in [0.2, 0.25) is 0 Å². The van der Waals surface area contributed by atoms with Gasteiger partial charge in [-0.2, -0.15) is 0 Å². The van der Waals surface area contributed by atoms with E-state index in [0.29, 0.717) is 17.6 Å². The third-order valence-corrected chi connectivity index (χ3v) is 2.89. The summed E-state index contributed by atoms with van der Waals surface area (Å²) in [6.45, 7) is 6.91. The molecule has 0 heterocycles. The summed E-state index contributed by atoms with van der Waals surface area (Å²) in [4.78, 5) is 22.6. The third-order valence-electron chi connectivity index (χ3n) is 2.59. The quantitative estimate of drug-likeness (QED) is 0.642. The topological polar surface area (TPSA) is 63.6 Å². The van der Waals surface area contributed by atoms with Gasteiger partial charge in [-0.1, -0.05) is 25.1 Å². The first-order chi connectivity index (χ1) is 8.86. The number of ether oxygens (including phenoxy) is 1. The maximum Gasteiger partial charge on any atom is 0.344 e. The fourth-order valence-corrected chi connectivity index (χ4v) is 1.57. The summed E-state index contributed by atoms with van der Waals surface area (Å²) in [5.41, 5.74) is 0.899. The van der Waals surface area contributed by atoms with Crippen molar-refractivity contribution in [2.24, 2.45) is 0 Å². The highest BCUT2D eigenvalue weighted by molar-refractivity contribution is 6.32. The van der Waals surface area contributed by atoms with Gasteiger partial charge in [0.25, 0.3) is 0 Å². The third kappa shape index (κ3) is 3.83. The Balaban J connectivity index is 2.95. The molecule has 0 aliphatic rings. The lowest BCUT2D eigenvalue weighted by atomic mass is 10.0. The van der Waals surface area contributed by atoms with Crippen LogP contribution in [0.15, 0.2) is 30.4 Å².